The molecule has 1 aromatic carbocycles. The lowest BCUT2D eigenvalue weighted by molar-refractivity contribution is -0.118. The number of ether oxygens (including phenoxy) is 3. The van der Waals surface area contributed by atoms with Gasteiger partial charge in [-0.25, -0.2) is 14.6 Å². The van der Waals surface area contributed by atoms with Crippen molar-refractivity contribution in [3.05, 3.63) is 53.7 Å². The number of esters is 1. The summed E-state index contributed by atoms with van der Waals surface area (Å²) in [5.74, 6) is -1.47. The molecule has 2 amide bonds. The molecule has 1 aromatic heterocycles. The quantitative estimate of drug-likeness (QED) is 0.697. The van der Waals surface area contributed by atoms with Crippen LogP contribution in [0.5, 0.6) is 11.6 Å². The summed E-state index contributed by atoms with van der Waals surface area (Å²) in [5.41, 5.74) is 6.11. The Bertz CT molecular complexity index is 810. The summed E-state index contributed by atoms with van der Waals surface area (Å²) in [6, 6.07) is 10.6. The third kappa shape index (κ3) is 6.08. The molecule has 0 bridgehead atoms. The number of nitrogens with zero attached hydrogens (tertiary/aromatic N) is 1. The third-order valence-corrected chi connectivity index (χ3v) is 3.18. The van der Waals surface area contributed by atoms with E-state index in [2.05, 4.69) is 4.98 Å². The van der Waals surface area contributed by atoms with E-state index in [4.69, 9.17) is 19.9 Å². The fraction of sp³-hybridized carbons (Fsp3) is 0.222. The average molecular weight is 373 g/mol. The van der Waals surface area contributed by atoms with Crippen LogP contribution in [0, 0.1) is 0 Å². The number of carbonyl (C=O) groups excluding carboxylic acids is 3. The van der Waals surface area contributed by atoms with Crippen LogP contribution in [0.25, 0.3) is 0 Å². The summed E-state index contributed by atoms with van der Waals surface area (Å²) in [6.07, 6.45) is 0.118. The van der Waals surface area contributed by atoms with Crippen molar-refractivity contribution in [2.24, 2.45) is 5.73 Å². The van der Waals surface area contributed by atoms with Gasteiger partial charge >= 0.3 is 12.1 Å². The largest absolute Gasteiger partial charge is 0.483 e. The molecule has 27 heavy (non-hydrogen) atoms. The van der Waals surface area contributed by atoms with Gasteiger partial charge in [-0.15, -0.1) is 0 Å². The Balaban J connectivity index is 2.21. The van der Waals surface area contributed by atoms with Gasteiger partial charge in [0.05, 0.1) is 18.7 Å². The first-order valence-electron chi connectivity index (χ1n) is 8.09. The molecule has 0 saturated heterocycles. The van der Waals surface area contributed by atoms with E-state index in [-0.39, 0.29) is 37.0 Å². The Morgan fingerprint density at radius 2 is 1.93 bits per heavy atom. The molecule has 0 spiro atoms. The van der Waals surface area contributed by atoms with Crippen molar-refractivity contribution in [3.63, 3.8) is 0 Å². The minimum absolute atomic E-state index is 0.0414. The van der Waals surface area contributed by atoms with E-state index in [0.29, 0.717) is 0 Å². The number of aromatic nitrogens is 1. The van der Waals surface area contributed by atoms with Gasteiger partial charge in [0.2, 0.25) is 5.91 Å². The van der Waals surface area contributed by atoms with Crippen molar-refractivity contribution in [2.75, 3.05) is 13.2 Å². The molecule has 0 radical (unpaired) electrons. The van der Waals surface area contributed by atoms with Gasteiger partial charge < -0.3 is 19.9 Å². The maximum Gasteiger partial charge on any atom is 0.420 e. The van der Waals surface area contributed by atoms with Gasteiger partial charge in [-0.2, -0.15) is 0 Å². The van der Waals surface area contributed by atoms with E-state index in [9.17, 15) is 14.4 Å². The summed E-state index contributed by atoms with van der Waals surface area (Å²) >= 11 is 0. The van der Waals surface area contributed by atoms with Crippen LogP contribution in [0.4, 0.5) is 4.79 Å². The minimum Gasteiger partial charge on any atom is -0.483 e. The van der Waals surface area contributed by atoms with Crippen molar-refractivity contribution in [1.29, 1.82) is 0 Å². The number of hydrogen-bond donors (Lipinski definition) is 2. The van der Waals surface area contributed by atoms with Gasteiger partial charge in [0.25, 0.3) is 5.88 Å². The summed E-state index contributed by atoms with van der Waals surface area (Å²) in [5, 5.41) is 1.92. The van der Waals surface area contributed by atoms with Crippen molar-refractivity contribution in [1.82, 2.24) is 10.3 Å². The molecule has 0 fully saturated rings. The Morgan fingerprint density at radius 3 is 2.59 bits per heavy atom. The SMILES string of the molecule is CCOC(=O)c1cnc(OC(=O)NC(=O)CN)c(OCc2ccccc2)c1. The van der Waals surface area contributed by atoms with Crippen molar-refractivity contribution in [2.45, 2.75) is 13.5 Å². The summed E-state index contributed by atoms with van der Waals surface area (Å²) in [6.45, 7) is 1.64. The normalized spacial score (nSPS) is 10.0. The van der Waals surface area contributed by atoms with Gasteiger partial charge in [0.1, 0.15) is 6.61 Å². The number of nitrogens with one attached hydrogen (secondary N) is 1. The van der Waals surface area contributed by atoms with Crippen LogP contribution in [0.3, 0.4) is 0 Å². The number of amides is 2. The smallest absolute Gasteiger partial charge is 0.420 e. The van der Waals surface area contributed by atoms with Crippen LogP contribution in [0.2, 0.25) is 0 Å². The number of carbonyl (C=O) groups is 3. The molecular formula is C18H19N3O6. The van der Waals surface area contributed by atoms with E-state index >= 15 is 0 Å². The van der Waals surface area contributed by atoms with E-state index in [1.54, 1.807) is 6.92 Å². The predicted molar refractivity (Wildman–Crippen MR) is 94.2 cm³/mol. The second-order valence-corrected chi connectivity index (χ2v) is 5.16. The maximum absolute atomic E-state index is 11.9. The summed E-state index contributed by atoms with van der Waals surface area (Å²) in [7, 11) is 0. The lowest BCUT2D eigenvalue weighted by Crippen LogP contribution is -2.37. The zero-order valence-corrected chi connectivity index (χ0v) is 14.6. The summed E-state index contributed by atoms with van der Waals surface area (Å²) < 4.78 is 15.5. The van der Waals surface area contributed by atoms with Gasteiger partial charge in [0, 0.05) is 12.3 Å². The molecule has 2 aromatic rings. The second kappa shape index (κ2) is 9.88. The molecule has 0 aliphatic heterocycles. The Morgan fingerprint density at radius 1 is 1.19 bits per heavy atom. The number of benzene rings is 1. The van der Waals surface area contributed by atoms with E-state index in [1.165, 1.54) is 12.3 Å². The first-order valence-corrected chi connectivity index (χ1v) is 8.09. The molecule has 0 aliphatic carbocycles. The molecule has 142 valence electrons. The number of imide groups is 1. The van der Waals surface area contributed by atoms with E-state index in [0.717, 1.165) is 5.56 Å². The molecule has 0 saturated carbocycles. The Hall–Kier alpha value is -3.46. The van der Waals surface area contributed by atoms with Crippen LogP contribution >= 0.6 is 0 Å². The zero-order valence-electron chi connectivity index (χ0n) is 14.6. The number of hydrogen-bond acceptors (Lipinski definition) is 8. The molecule has 3 N–H and O–H groups in total. The topological polar surface area (TPSA) is 130 Å². The fourth-order valence-electron chi connectivity index (χ4n) is 1.95. The van der Waals surface area contributed by atoms with E-state index in [1.807, 2.05) is 35.6 Å². The van der Waals surface area contributed by atoms with Gasteiger partial charge in [0.15, 0.2) is 5.75 Å². The third-order valence-electron chi connectivity index (χ3n) is 3.18. The van der Waals surface area contributed by atoms with Crippen LogP contribution in [0.15, 0.2) is 42.6 Å². The second-order valence-electron chi connectivity index (χ2n) is 5.16. The van der Waals surface area contributed by atoms with Gasteiger partial charge in [-0.1, -0.05) is 30.3 Å². The van der Waals surface area contributed by atoms with Crippen LogP contribution in [0.1, 0.15) is 22.8 Å². The monoisotopic (exact) mass is 373 g/mol. The van der Waals surface area contributed by atoms with Crippen LogP contribution in [-0.2, 0) is 16.1 Å². The molecule has 9 heteroatoms. The Labute approximate surface area is 155 Å². The fourth-order valence-corrected chi connectivity index (χ4v) is 1.95. The van der Waals surface area contributed by atoms with Crippen LogP contribution in [-0.4, -0.2) is 36.1 Å². The summed E-state index contributed by atoms with van der Waals surface area (Å²) in [4.78, 5) is 38.7. The molecule has 0 aliphatic rings. The molecule has 9 nitrogen and oxygen atoms in total. The number of pyridine rings is 1. The van der Waals surface area contributed by atoms with Gasteiger partial charge in [-0.05, 0) is 12.5 Å². The highest BCUT2D eigenvalue weighted by Crippen LogP contribution is 2.27. The highest BCUT2D eigenvalue weighted by molar-refractivity contribution is 5.93. The lowest BCUT2D eigenvalue weighted by Gasteiger charge is -2.12. The zero-order chi connectivity index (χ0) is 19.6. The first kappa shape index (κ1) is 19.9. The number of rotatable bonds is 7. The molecule has 2 rings (SSSR count). The standard InChI is InChI=1S/C18H19N3O6/c1-2-25-17(23)13-8-14(26-11-12-6-4-3-5-7-12)16(20-10-13)27-18(24)21-15(22)9-19/h3-8,10H,2,9,11,19H2,1H3,(H,21,22,24). The molecular weight excluding hydrogens is 354 g/mol. The Kier molecular flexibility index (Phi) is 7.26. The predicted octanol–water partition coefficient (Wildman–Crippen LogP) is 1.41. The van der Waals surface area contributed by atoms with Gasteiger partial charge in [-0.3, -0.25) is 10.1 Å². The van der Waals surface area contributed by atoms with E-state index < -0.39 is 18.0 Å². The minimum atomic E-state index is -1.06. The lowest BCUT2D eigenvalue weighted by atomic mass is 10.2. The van der Waals surface area contributed by atoms with Crippen molar-refractivity contribution >= 4 is 18.0 Å². The molecule has 0 atom stereocenters. The number of nitrogens with two attached hydrogens (primary N) is 1. The highest BCUT2D eigenvalue weighted by Gasteiger charge is 2.18. The first-order chi connectivity index (χ1) is 13.0. The van der Waals surface area contributed by atoms with Crippen molar-refractivity contribution < 1.29 is 28.6 Å². The molecule has 0 unspecified atom stereocenters. The highest BCUT2D eigenvalue weighted by atomic mass is 16.6. The molecule has 1 heterocycles. The van der Waals surface area contributed by atoms with Crippen molar-refractivity contribution in [3.8, 4) is 11.6 Å². The maximum atomic E-state index is 11.9. The van der Waals surface area contributed by atoms with Crippen LogP contribution < -0.4 is 20.5 Å². The average Bonchev–Trinajstić information content (AvgIpc) is 2.68.